The number of para-hydroxylation sites is 1. The predicted molar refractivity (Wildman–Crippen MR) is 95.3 cm³/mol. The summed E-state index contributed by atoms with van der Waals surface area (Å²) in [5.41, 5.74) is 0.521. The van der Waals surface area contributed by atoms with Gasteiger partial charge in [0, 0.05) is 19.1 Å². The molecular weight excluding hydrogens is 304 g/mol. The van der Waals surface area contributed by atoms with Crippen LogP contribution in [0.2, 0.25) is 0 Å². The molecule has 0 aliphatic carbocycles. The van der Waals surface area contributed by atoms with E-state index < -0.39 is 5.60 Å². The summed E-state index contributed by atoms with van der Waals surface area (Å²) >= 11 is 0. The summed E-state index contributed by atoms with van der Waals surface area (Å²) < 4.78 is 5.46. The first-order chi connectivity index (χ1) is 11.3. The lowest BCUT2D eigenvalue weighted by Gasteiger charge is -2.26. The molecule has 1 heterocycles. The molecule has 1 aromatic rings. The summed E-state index contributed by atoms with van der Waals surface area (Å²) in [6.07, 6.45) is 3.56. The Labute approximate surface area is 145 Å². The Bertz CT molecular complexity index is 540. The van der Waals surface area contributed by atoms with Crippen molar-refractivity contribution in [3.05, 3.63) is 29.8 Å². The molecule has 1 aliphatic heterocycles. The van der Waals surface area contributed by atoms with Gasteiger partial charge in [0.15, 0.2) is 0 Å². The van der Waals surface area contributed by atoms with Gasteiger partial charge >= 0.3 is 6.09 Å². The van der Waals surface area contributed by atoms with Crippen molar-refractivity contribution in [2.45, 2.75) is 58.1 Å². The van der Waals surface area contributed by atoms with Crippen LogP contribution in [0.3, 0.4) is 0 Å². The summed E-state index contributed by atoms with van der Waals surface area (Å²) in [5.74, 6) is 0.358. The smallest absolute Gasteiger partial charge is 0.410 e. The van der Waals surface area contributed by atoms with E-state index in [2.05, 4.69) is 5.32 Å². The van der Waals surface area contributed by atoms with Crippen LogP contribution in [0.5, 0.6) is 5.75 Å². The molecule has 0 spiro atoms. The van der Waals surface area contributed by atoms with E-state index in [-0.39, 0.29) is 6.09 Å². The normalized spacial score (nSPS) is 19.0. The fraction of sp³-hybridized carbons (Fsp3) is 0.632. The third-order valence-electron chi connectivity index (χ3n) is 4.20. The molecule has 1 fully saturated rings. The number of phenols is 1. The Morgan fingerprint density at radius 2 is 2.04 bits per heavy atom. The molecule has 1 amide bonds. The third kappa shape index (κ3) is 6.04. The number of nitrogens with one attached hydrogen (secondary N) is 1. The van der Waals surface area contributed by atoms with Crippen LogP contribution in [0, 0.1) is 0 Å². The van der Waals surface area contributed by atoms with Crippen LogP contribution in [-0.4, -0.2) is 47.4 Å². The van der Waals surface area contributed by atoms with Crippen molar-refractivity contribution in [3.63, 3.8) is 0 Å². The van der Waals surface area contributed by atoms with Gasteiger partial charge in [-0.15, -0.1) is 0 Å². The minimum Gasteiger partial charge on any atom is -0.508 e. The van der Waals surface area contributed by atoms with Gasteiger partial charge in [0.05, 0.1) is 0 Å². The van der Waals surface area contributed by atoms with Gasteiger partial charge in [-0.05, 0) is 64.6 Å². The van der Waals surface area contributed by atoms with Crippen LogP contribution >= 0.6 is 0 Å². The number of phenolic OH excluding ortho intramolecular Hbond substituents is 1. The highest BCUT2D eigenvalue weighted by molar-refractivity contribution is 5.68. The molecule has 2 rings (SSSR count). The number of rotatable bonds is 4. The van der Waals surface area contributed by atoms with E-state index in [0.717, 1.165) is 50.9 Å². The van der Waals surface area contributed by atoms with E-state index in [1.165, 1.54) is 0 Å². The second-order valence-electron chi connectivity index (χ2n) is 7.43. The highest BCUT2D eigenvalue weighted by Gasteiger charge is 2.24. The van der Waals surface area contributed by atoms with Gasteiger partial charge in [0.1, 0.15) is 11.4 Å². The molecule has 134 valence electrons. The number of ether oxygens (including phenoxy) is 1. The molecule has 0 radical (unpaired) electrons. The first-order valence-corrected chi connectivity index (χ1v) is 8.83. The molecule has 1 unspecified atom stereocenters. The van der Waals surface area contributed by atoms with Crippen molar-refractivity contribution in [1.82, 2.24) is 10.2 Å². The number of carbonyl (C=O) groups is 1. The molecule has 5 heteroatoms. The second kappa shape index (κ2) is 8.38. The monoisotopic (exact) mass is 334 g/mol. The average Bonchev–Trinajstić information content (AvgIpc) is 2.73. The molecule has 1 aliphatic rings. The van der Waals surface area contributed by atoms with Crippen LogP contribution in [-0.2, 0) is 11.2 Å². The number of nitrogens with zero attached hydrogens (tertiary/aromatic N) is 1. The van der Waals surface area contributed by atoms with Gasteiger partial charge in [-0.3, -0.25) is 0 Å². The molecule has 0 saturated carbocycles. The van der Waals surface area contributed by atoms with Crippen molar-refractivity contribution >= 4 is 6.09 Å². The van der Waals surface area contributed by atoms with Crippen molar-refractivity contribution < 1.29 is 14.6 Å². The Morgan fingerprint density at radius 3 is 2.75 bits per heavy atom. The van der Waals surface area contributed by atoms with Gasteiger partial charge in [0.25, 0.3) is 0 Å². The summed E-state index contributed by atoms with van der Waals surface area (Å²) in [5, 5.41) is 13.4. The van der Waals surface area contributed by atoms with Crippen molar-refractivity contribution in [1.29, 1.82) is 0 Å². The highest BCUT2D eigenvalue weighted by Crippen LogP contribution is 2.17. The number of amides is 1. The minimum atomic E-state index is -0.446. The maximum atomic E-state index is 12.2. The molecule has 5 nitrogen and oxygen atoms in total. The topological polar surface area (TPSA) is 61.8 Å². The lowest BCUT2D eigenvalue weighted by atomic mass is 10.1. The number of likely N-dealkylation sites (tertiary alicyclic amines) is 1. The predicted octanol–water partition coefficient (Wildman–Crippen LogP) is 3.31. The standard InChI is InChI=1S/C19H30N2O3/c1-19(2,3)24-18(23)21-13-6-8-16(11-14-21)20-12-10-15-7-4-5-9-17(15)22/h4-5,7,9,16,20,22H,6,8,10-14H2,1-3H3. The zero-order valence-corrected chi connectivity index (χ0v) is 15.0. The summed E-state index contributed by atoms with van der Waals surface area (Å²) in [4.78, 5) is 14.0. The number of hydrogen-bond acceptors (Lipinski definition) is 4. The van der Waals surface area contributed by atoms with Gasteiger partial charge in [-0.1, -0.05) is 18.2 Å². The molecule has 1 saturated heterocycles. The molecule has 2 N–H and O–H groups in total. The van der Waals surface area contributed by atoms with E-state index in [4.69, 9.17) is 4.74 Å². The Hall–Kier alpha value is -1.75. The van der Waals surface area contributed by atoms with E-state index in [0.29, 0.717) is 11.8 Å². The SMILES string of the molecule is CC(C)(C)OC(=O)N1CCCC(NCCc2ccccc2O)CC1. The Morgan fingerprint density at radius 1 is 1.29 bits per heavy atom. The van der Waals surface area contributed by atoms with Gasteiger partial charge in [-0.2, -0.15) is 0 Å². The quantitative estimate of drug-likeness (QED) is 0.887. The van der Waals surface area contributed by atoms with Crippen LogP contribution in [0.1, 0.15) is 45.6 Å². The zero-order chi connectivity index (χ0) is 17.6. The fourth-order valence-electron chi connectivity index (χ4n) is 2.94. The molecule has 0 bridgehead atoms. The van der Waals surface area contributed by atoms with Gasteiger partial charge in [0.2, 0.25) is 0 Å². The fourth-order valence-corrected chi connectivity index (χ4v) is 2.94. The average molecular weight is 334 g/mol. The largest absolute Gasteiger partial charge is 0.508 e. The van der Waals surface area contributed by atoms with Crippen molar-refractivity contribution in [2.75, 3.05) is 19.6 Å². The zero-order valence-electron chi connectivity index (χ0n) is 15.0. The second-order valence-corrected chi connectivity index (χ2v) is 7.43. The van der Waals surface area contributed by atoms with E-state index in [1.807, 2.05) is 43.9 Å². The molecule has 0 aromatic heterocycles. The molecule has 1 aromatic carbocycles. The first-order valence-electron chi connectivity index (χ1n) is 8.83. The molecule has 24 heavy (non-hydrogen) atoms. The number of benzene rings is 1. The van der Waals surface area contributed by atoms with E-state index >= 15 is 0 Å². The molecular formula is C19H30N2O3. The minimum absolute atomic E-state index is 0.211. The maximum Gasteiger partial charge on any atom is 0.410 e. The lowest BCUT2D eigenvalue weighted by molar-refractivity contribution is 0.0256. The van der Waals surface area contributed by atoms with Crippen LogP contribution < -0.4 is 5.32 Å². The summed E-state index contributed by atoms with van der Waals surface area (Å²) in [7, 11) is 0. The van der Waals surface area contributed by atoms with E-state index in [1.54, 1.807) is 6.07 Å². The maximum absolute atomic E-state index is 12.2. The lowest BCUT2D eigenvalue weighted by Crippen LogP contribution is -2.38. The Balaban J connectivity index is 1.75. The summed E-state index contributed by atoms with van der Waals surface area (Å²) in [6, 6.07) is 7.86. The number of aromatic hydroxyl groups is 1. The summed E-state index contributed by atoms with van der Waals surface area (Å²) in [6.45, 7) is 7.99. The van der Waals surface area contributed by atoms with Crippen LogP contribution in [0.25, 0.3) is 0 Å². The van der Waals surface area contributed by atoms with E-state index in [9.17, 15) is 9.90 Å². The van der Waals surface area contributed by atoms with Gasteiger partial charge in [-0.25, -0.2) is 4.79 Å². The number of hydrogen-bond donors (Lipinski definition) is 2. The highest BCUT2D eigenvalue weighted by atomic mass is 16.6. The van der Waals surface area contributed by atoms with Crippen LogP contribution in [0.4, 0.5) is 4.79 Å². The van der Waals surface area contributed by atoms with Gasteiger partial charge < -0.3 is 20.1 Å². The number of carbonyl (C=O) groups excluding carboxylic acids is 1. The van der Waals surface area contributed by atoms with Crippen molar-refractivity contribution in [2.24, 2.45) is 0 Å². The Kier molecular flexibility index (Phi) is 6.49. The molecule has 1 atom stereocenters. The van der Waals surface area contributed by atoms with Crippen LogP contribution in [0.15, 0.2) is 24.3 Å². The van der Waals surface area contributed by atoms with Crippen molar-refractivity contribution in [3.8, 4) is 5.75 Å². The third-order valence-corrected chi connectivity index (χ3v) is 4.20. The first kappa shape index (κ1) is 18.6.